The van der Waals surface area contributed by atoms with Gasteiger partial charge in [0, 0.05) is 33.0 Å². The molecule has 2 aromatic carbocycles. The second-order valence-corrected chi connectivity index (χ2v) is 11.1. The van der Waals surface area contributed by atoms with Gasteiger partial charge in [-0.3, -0.25) is 0 Å². The standard InChI is InChI=1S/C23H27N5O4S2/c1-27(2)34(29,30)20-15-19(32-4)18(31-3)13-17(20)14-21-24-25-23-28(21)26-22(33-23)12-8-11-16-9-6-5-7-10-16/h5-7,9-10,13,15H,8,11-12,14H2,1-4H3. The highest BCUT2D eigenvalue weighted by atomic mass is 32.2. The highest BCUT2D eigenvalue weighted by molar-refractivity contribution is 7.89. The van der Waals surface area contributed by atoms with Crippen LogP contribution in [0.5, 0.6) is 11.5 Å². The van der Waals surface area contributed by atoms with Crippen LogP contribution in [0.1, 0.15) is 28.4 Å². The minimum atomic E-state index is -3.73. The maximum absolute atomic E-state index is 13.0. The molecule has 0 unspecified atom stereocenters. The predicted molar refractivity (Wildman–Crippen MR) is 130 cm³/mol. The third-order valence-corrected chi connectivity index (χ3v) is 8.33. The first-order chi connectivity index (χ1) is 16.3. The van der Waals surface area contributed by atoms with Gasteiger partial charge in [-0.15, -0.1) is 10.2 Å². The minimum absolute atomic E-state index is 0.130. The highest BCUT2D eigenvalue weighted by Crippen LogP contribution is 2.34. The van der Waals surface area contributed by atoms with E-state index in [-0.39, 0.29) is 11.3 Å². The van der Waals surface area contributed by atoms with Crippen molar-refractivity contribution in [3.05, 3.63) is 64.4 Å². The molecule has 0 saturated carbocycles. The Kier molecular flexibility index (Phi) is 7.15. The van der Waals surface area contributed by atoms with Crippen LogP contribution in [0, 0.1) is 0 Å². The second kappa shape index (κ2) is 10.1. The van der Waals surface area contributed by atoms with Gasteiger partial charge >= 0.3 is 0 Å². The Hall–Kier alpha value is -3.02. The van der Waals surface area contributed by atoms with E-state index >= 15 is 0 Å². The lowest BCUT2D eigenvalue weighted by atomic mass is 10.1. The van der Waals surface area contributed by atoms with Crippen molar-refractivity contribution in [2.45, 2.75) is 30.6 Å². The third kappa shape index (κ3) is 4.91. The molecule has 4 rings (SSSR count). The van der Waals surface area contributed by atoms with E-state index in [1.807, 2.05) is 18.2 Å². The molecule has 0 amide bonds. The van der Waals surface area contributed by atoms with Crippen molar-refractivity contribution >= 4 is 26.3 Å². The summed E-state index contributed by atoms with van der Waals surface area (Å²) in [5.74, 6) is 1.34. The van der Waals surface area contributed by atoms with Gasteiger partial charge in [-0.2, -0.15) is 9.61 Å². The first-order valence-electron chi connectivity index (χ1n) is 10.7. The van der Waals surface area contributed by atoms with Crippen LogP contribution in [0.4, 0.5) is 0 Å². The highest BCUT2D eigenvalue weighted by Gasteiger charge is 2.26. The van der Waals surface area contributed by atoms with Crippen molar-refractivity contribution in [2.24, 2.45) is 0 Å². The number of methoxy groups -OCH3 is 2. The summed E-state index contributed by atoms with van der Waals surface area (Å²) in [6.07, 6.45) is 3.01. The average Bonchev–Trinajstić information content (AvgIpc) is 3.40. The molecule has 0 aliphatic carbocycles. The molecular weight excluding hydrogens is 474 g/mol. The first kappa shape index (κ1) is 24.1. The fraction of sp³-hybridized carbons (Fsp3) is 0.348. The number of aromatic nitrogens is 4. The lowest BCUT2D eigenvalue weighted by Crippen LogP contribution is -2.23. The number of aryl methyl sites for hydroxylation is 2. The quantitative estimate of drug-likeness (QED) is 0.329. The maximum Gasteiger partial charge on any atom is 0.242 e. The van der Waals surface area contributed by atoms with E-state index < -0.39 is 10.0 Å². The molecule has 4 aromatic rings. The van der Waals surface area contributed by atoms with Crippen molar-refractivity contribution in [1.29, 1.82) is 0 Å². The Morgan fingerprint density at radius 2 is 1.71 bits per heavy atom. The molecule has 0 radical (unpaired) electrons. The monoisotopic (exact) mass is 501 g/mol. The number of sulfonamides is 1. The number of nitrogens with zero attached hydrogens (tertiary/aromatic N) is 5. The van der Waals surface area contributed by atoms with Crippen LogP contribution in [-0.4, -0.2) is 60.8 Å². The Morgan fingerprint density at radius 1 is 1.00 bits per heavy atom. The molecule has 0 aliphatic rings. The predicted octanol–water partition coefficient (Wildman–Crippen LogP) is 3.22. The summed E-state index contributed by atoms with van der Waals surface area (Å²) in [6.45, 7) is 0. The van der Waals surface area contributed by atoms with Crippen LogP contribution in [0.3, 0.4) is 0 Å². The van der Waals surface area contributed by atoms with Crippen LogP contribution < -0.4 is 9.47 Å². The Labute approximate surface area is 203 Å². The molecule has 180 valence electrons. The Bertz CT molecular complexity index is 1380. The summed E-state index contributed by atoms with van der Waals surface area (Å²) in [7, 11) is 2.24. The van der Waals surface area contributed by atoms with Crippen molar-refractivity contribution in [2.75, 3.05) is 28.3 Å². The molecule has 34 heavy (non-hydrogen) atoms. The largest absolute Gasteiger partial charge is 0.493 e. The van der Waals surface area contributed by atoms with E-state index in [2.05, 4.69) is 22.3 Å². The summed E-state index contributed by atoms with van der Waals surface area (Å²) < 4.78 is 39.7. The minimum Gasteiger partial charge on any atom is -0.493 e. The summed E-state index contributed by atoms with van der Waals surface area (Å²) in [6, 6.07) is 13.5. The second-order valence-electron chi connectivity index (χ2n) is 7.92. The van der Waals surface area contributed by atoms with Gasteiger partial charge in [0.25, 0.3) is 0 Å². The van der Waals surface area contributed by atoms with Gasteiger partial charge in [0.15, 0.2) is 17.3 Å². The number of ether oxygens (including phenoxy) is 2. The zero-order valence-electron chi connectivity index (χ0n) is 19.6. The van der Waals surface area contributed by atoms with Crippen molar-refractivity contribution in [1.82, 2.24) is 24.1 Å². The topological polar surface area (TPSA) is 98.9 Å². The molecule has 2 heterocycles. The van der Waals surface area contributed by atoms with Crippen LogP contribution in [0.25, 0.3) is 4.96 Å². The normalized spacial score (nSPS) is 11.9. The number of hydrogen-bond acceptors (Lipinski definition) is 8. The Morgan fingerprint density at radius 3 is 2.38 bits per heavy atom. The molecule has 11 heteroatoms. The van der Waals surface area contributed by atoms with E-state index in [0.717, 1.165) is 24.3 Å². The van der Waals surface area contributed by atoms with Gasteiger partial charge in [-0.1, -0.05) is 41.7 Å². The molecule has 0 fully saturated rings. The molecule has 9 nitrogen and oxygen atoms in total. The van der Waals surface area contributed by atoms with E-state index in [9.17, 15) is 8.42 Å². The molecule has 0 aliphatic heterocycles. The molecule has 0 bridgehead atoms. The van der Waals surface area contributed by atoms with Crippen LogP contribution in [0.2, 0.25) is 0 Å². The zero-order chi connectivity index (χ0) is 24.3. The van der Waals surface area contributed by atoms with Crippen LogP contribution in [-0.2, 0) is 29.3 Å². The number of fused-ring (bicyclic) bond motifs is 1. The van der Waals surface area contributed by atoms with E-state index in [1.165, 1.54) is 55.6 Å². The number of rotatable bonds is 10. The van der Waals surface area contributed by atoms with Crippen molar-refractivity contribution < 1.29 is 17.9 Å². The summed E-state index contributed by atoms with van der Waals surface area (Å²) in [5, 5.41) is 14.2. The van der Waals surface area contributed by atoms with Crippen LogP contribution in [0.15, 0.2) is 47.4 Å². The Balaban J connectivity index is 1.62. The van der Waals surface area contributed by atoms with Gasteiger partial charge in [-0.05, 0) is 30.0 Å². The molecule has 2 aromatic heterocycles. The van der Waals surface area contributed by atoms with Crippen LogP contribution >= 0.6 is 11.3 Å². The van der Waals surface area contributed by atoms with E-state index in [4.69, 9.17) is 14.6 Å². The molecular formula is C23H27N5O4S2. The average molecular weight is 502 g/mol. The first-order valence-corrected chi connectivity index (χ1v) is 13.0. The molecule has 0 spiro atoms. The summed E-state index contributed by atoms with van der Waals surface area (Å²) in [5.41, 5.74) is 1.83. The van der Waals surface area contributed by atoms with Gasteiger partial charge in [0.2, 0.25) is 15.0 Å². The fourth-order valence-corrected chi connectivity index (χ4v) is 5.65. The SMILES string of the molecule is COc1cc(Cc2nnc3sc(CCCc4ccccc4)nn23)c(S(=O)(=O)N(C)C)cc1OC. The number of benzene rings is 2. The summed E-state index contributed by atoms with van der Waals surface area (Å²) >= 11 is 1.50. The van der Waals surface area contributed by atoms with E-state index in [0.29, 0.717) is 27.8 Å². The van der Waals surface area contributed by atoms with E-state index in [1.54, 1.807) is 10.6 Å². The maximum atomic E-state index is 13.0. The summed E-state index contributed by atoms with van der Waals surface area (Å²) in [4.78, 5) is 0.812. The van der Waals surface area contributed by atoms with Crippen molar-refractivity contribution in [3.8, 4) is 11.5 Å². The van der Waals surface area contributed by atoms with Gasteiger partial charge in [0.05, 0.1) is 19.1 Å². The number of hydrogen-bond donors (Lipinski definition) is 0. The van der Waals surface area contributed by atoms with Gasteiger partial charge < -0.3 is 9.47 Å². The van der Waals surface area contributed by atoms with Gasteiger partial charge in [-0.25, -0.2) is 12.7 Å². The van der Waals surface area contributed by atoms with Gasteiger partial charge in [0.1, 0.15) is 5.01 Å². The molecule has 0 N–H and O–H groups in total. The fourth-order valence-electron chi connectivity index (χ4n) is 3.64. The molecule has 0 atom stereocenters. The molecule has 0 saturated heterocycles. The third-order valence-electron chi connectivity index (χ3n) is 5.47. The smallest absolute Gasteiger partial charge is 0.242 e. The lowest BCUT2D eigenvalue weighted by molar-refractivity contribution is 0.353. The zero-order valence-corrected chi connectivity index (χ0v) is 21.2. The van der Waals surface area contributed by atoms with Crippen molar-refractivity contribution in [3.63, 3.8) is 0 Å². The lowest BCUT2D eigenvalue weighted by Gasteiger charge is -2.17.